The van der Waals surface area contributed by atoms with E-state index >= 15 is 0 Å². The lowest BCUT2D eigenvalue weighted by Crippen LogP contribution is -2.21. The van der Waals surface area contributed by atoms with E-state index in [-0.39, 0.29) is 23.8 Å². The fourth-order valence-corrected chi connectivity index (χ4v) is 4.86. The summed E-state index contributed by atoms with van der Waals surface area (Å²) in [6, 6.07) is 5.75. The smallest absolute Gasteiger partial charge is 0.355 e. The van der Waals surface area contributed by atoms with E-state index in [1.165, 1.54) is 0 Å². The molecule has 1 fully saturated rings. The third-order valence-electron chi connectivity index (χ3n) is 6.61. The summed E-state index contributed by atoms with van der Waals surface area (Å²) < 4.78 is 16.5. The first-order valence-corrected chi connectivity index (χ1v) is 10.6. The largest absolute Gasteiger partial charge is 0.493 e. The standard InChI is InChI=1S/C24H29NO5/c1-13-6-5-7-19(13)30-24(27)23-14(2)22-17(25-23)10-16(11-18(22)26)15-8-9-20(28-3)21(12-15)29-4/h8-9,12-13,16,19,25H,5-7,10-11H2,1-4H3/t13-,16+,19+/m0/s1. The number of fused-ring (bicyclic) bond motifs is 1. The van der Waals surface area contributed by atoms with Crippen LogP contribution in [-0.4, -0.2) is 37.1 Å². The highest BCUT2D eigenvalue weighted by molar-refractivity contribution is 6.03. The summed E-state index contributed by atoms with van der Waals surface area (Å²) in [7, 11) is 3.20. The first-order valence-electron chi connectivity index (χ1n) is 10.6. The number of aromatic nitrogens is 1. The molecule has 1 saturated carbocycles. The Balaban J connectivity index is 1.59. The number of methoxy groups -OCH3 is 2. The lowest BCUT2D eigenvalue weighted by atomic mass is 9.81. The number of benzene rings is 1. The molecule has 2 aromatic rings. The highest BCUT2D eigenvalue weighted by Gasteiger charge is 2.34. The van der Waals surface area contributed by atoms with Gasteiger partial charge in [0.2, 0.25) is 0 Å². The Morgan fingerprint density at radius 2 is 1.87 bits per heavy atom. The molecule has 0 aliphatic heterocycles. The van der Waals surface area contributed by atoms with Gasteiger partial charge in [-0.25, -0.2) is 4.79 Å². The number of aromatic amines is 1. The molecule has 0 spiro atoms. The zero-order valence-corrected chi connectivity index (χ0v) is 18.0. The van der Waals surface area contributed by atoms with Crippen molar-refractivity contribution in [1.82, 2.24) is 4.98 Å². The van der Waals surface area contributed by atoms with Crippen LogP contribution in [0, 0.1) is 12.8 Å². The SMILES string of the molecule is COc1ccc([C@H]2CC(=O)c3c([nH]c(C(=O)O[C@@H]4CCC[C@@H]4C)c3C)C2)cc1OC. The Kier molecular flexibility index (Phi) is 5.58. The Morgan fingerprint density at radius 1 is 1.10 bits per heavy atom. The molecule has 2 aliphatic rings. The number of carbonyl (C=O) groups is 2. The Hall–Kier alpha value is -2.76. The second-order valence-corrected chi connectivity index (χ2v) is 8.47. The van der Waals surface area contributed by atoms with E-state index in [2.05, 4.69) is 11.9 Å². The third-order valence-corrected chi connectivity index (χ3v) is 6.61. The molecule has 0 amide bonds. The summed E-state index contributed by atoms with van der Waals surface area (Å²) in [5.74, 6) is 1.41. The van der Waals surface area contributed by atoms with E-state index < -0.39 is 0 Å². The summed E-state index contributed by atoms with van der Waals surface area (Å²) in [6.07, 6.45) is 4.11. The second-order valence-electron chi connectivity index (χ2n) is 8.47. The van der Waals surface area contributed by atoms with Gasteiger partial charge >= 0.3 is 5.97 Å². The van der Waals surface area contributed by atoms with Crippen molar-refractivity contribution >= 4 is 11.8 Å². The molecule has 4 rings (SSSR count). The maximum Gasteiger partial charge on any atom is 0.355 e. The Morgan fingerprint density at radius 3 is 2.53 bits per heavy atom. The number of hydrogen-bond donors (Lipinski definition) is 1. The second kappa shape index (κ2) is 8.17. The van der Waals surface area contributed by atoms with Gasteiger partial charge in [0.05, 0.1) is 14.2 Å². The third kappa shape index (κ3) is 3.59. The van der Waals surface area contributed by atoms with Crippen molar-refractivity contribution in [3.8, 4) is 11.5 Å². The summed E-state index contributed by atoms with van der Waals surface area (Å²) >= 11 is 0. The molecule has 6 nitrogen and oxygen atoms in total. The highest BCUT2D eigenvalue weighted by Crippen LogP contribution is 2.38. The molecule has 6 heteroatoms. The number of esters is 1. The van der Waals surface area contributed by atoms with Gasteiger partial charge in [-0.2, -0.15) is 0 Å². The summed E-state index contributed by atoms with van der Waals surface area (Å²) in [6.45, 7) is 3.95. The molecule has 1 aromatic heterocycles. The van der Waals surface area contributed by atoms with Crippen molar-refractivity contribution in [2.24, 2.45) is 5.92 Å². The number of carbonyl (C=O) groups excluding carboxylic acids is 2. The van der Waals surface area contributed by atoms with Gasteiger partial charge in [-0.3, -0.25) is 4.79 Å². The molecule has 0 saturated heterocycles. The first-order chi connectivity index (χ1) is 14.4. The number of ketones is 1. The molecule has 0 unspecified atom stereocenters. The predicted octanol–water partition coefficient (Wildman–Crippen LogP) is 4.60. The average Bonchev–Trinajstić information content (AvgIpc) is 3.30. The Bertz CT molecular complexity index is 976. The molecular weight excluding hydrogens is 382 g/mol. The number of nitrogens with one attached hydrogen (secondary N) is 1. The lowest BCUT2D eigenvalue weighted by Gasteiger charge is -2.23. The van der Waals surface area contributed by atoms with Crippen molar-refractivity contribution in [2.75, 3.05) is 14.2 Å². The van der Waals surface area contributed by atoms with E-state index in [0.29, 0.717) is 47.1 Å². The van der Waals surface area contributed by atoms with Crippen LogP contribution in [0.15, 0.2) is 18.2 Å². The zero-order valence-electron chi connectivity index (χ0n) is 18.0. The predicted molar refractivity (Wildman–Crippen MR) is 113 cm³/mol. The van der Waals surface area contributed by atoms with Crippen LogP contribution >= 0.6 is 0 Å². The van der Waals surface area contributed by atoms with E-state index in [1.807, 2.05) is 25.1 Å². The van der Waals surface area contributed by atoms with Crippen molar-refractivity contribution in [2.45, 2.75) is 58.0 Å². The number of ether oxygens (including phenoxy) is 3. The normalized spacial score (nSPS) is 23.2. The quantitative estimate of drug-likeness (QED) is 0.728. The molecule has 160 valence electrons. The van der Waals surface area contributed by atoms with Crippen LogP contribution in [-0.2, 0) is 11.2 Å². The lowest BCUT2D eigenvalue weighted by molar-refractivity contribution is 0.0219. The van der Waals surface area contributed by atoms with Crippen molar-refractivity contribution in [3.05, 3.63) is 46.3 Å². The molecule has 0 radical (unpaired) electrons. The highest BCUT2D eigenvalue weighted by atomic mass is 16.5. The van der Waals surface area contributed by atoms with Gasteiger partial charge in [0.15, 0.2) is 17.3 Å². The molecule has 30 heavy (non-hydrogen) atoms. The van der Waals surface area contributed by atoms with Gasteiger partial charge in [0, 0.05) is 17.7 Å². The molecule has 3 atom stereocenters. The van der Waals surface area contributed by atoms with Crippen LogP contribution in [0.1, 0.15) is 76.2 Å². The molecule has 0 bridgehead atoms. The van der Waals surface area contributed by atoms with Crippen LogP contribution in [0.4, 0.5) is 0 Å². The molecular formula is C24H29NO5. The molecule has 1 aromatic carbocycles. The van der Waals surface area contributed by atoms with Gasteiger partial charge in [0.1, 0.15) is 11.8 Å². The molecule has 2 aliphatic carbocycles. The first kappa shape index (κ1) is 20.5. The fraction of sp³-hybridized carbons (Fsp3) is 0.500. The van der Waals surface area contributed by atoms with Crippen LogP contribution in [0.5, 0.6) is 11.5 Å². The van der Waals surface area contributed by atoms with Gasteiger partial charge in [-0.1, -0.05) is 13.0 Å². The van der Waals surface area contributed by atoms with Crippen molar-refractivity contribution < 1.29 is 23.8 Å². The number of H-pyrrole nitrogens is 1. The maximum atomic E-state index is 13.0. The Labute approximate surface area is 176 Å². The maximum absolute atomic E-state index is 13.0. The average molecular weight is 411 g/mol. The van der Waals surface area contributed by atoms with E-state index in [1.54, 1.807) is 14.2 Å². The minimum Gasteiger partial charge on any atom is -0.493 e. The van der Waals surface area contributed by atoms with Gasteiger partial charge in [0.25, 0.3) is 0 Å². The van der Waals surface area contributed by atoms with E-state index in [0.717, 1.165) is 30.5 Å². The zero-order chi connectivity index (χ0) is 21.4. The van der Waals surface area contributed by atoms with E-state index in [9.17, 15) is 9.59 Å². The van der Waals surface area contributed by atoms with E-state index in [4.69, 9.17) is 14.2 Å². The fourth-order valence-electron chi connectivity index (χ4n) is 4.86. The van der Waals surface area contributed by atoms with Crippen LogP contribution in [0.3, 0.4) is 0 Å². The van der Waals surface area contributed by atoms with Crippen LogP contribution in [0.2, 0.25) is 0 Å². The van der Waals surface area contributed by atoms with Crippen LogP contribution < -0.4 is 9.47 Å². The number of Topliss-reactive ketones (excluding diaryl/α,β-unsaturated/α-hetero) is 1. The summed E-state index contributed by atoms with van der Waals surface area (Å²) in [4.78, 5) is 29.0. The number of hydrogen-bond acceptors (Lipinski definition) is 5. The van der Waals surface area contributed by atoms with Crippen molar-refractivity contribution in [3.63, 3.8) is 0 Å². The van der Waals surface area contributed by atoms with Gasteiger partial charge in [-0.05, 0) is 67.7 Å². The molecule has 1 heterocycles. The van der Waals surface area contributed by atoms with Crippen molar-refractivity contribution in [1.29, 1.82) is 0 Å². The minimum absolute atomic E-state index is 0.0154. The summed E-state index contributed by atoms with van der Waals surface area (Å²) in [5, 5.41) is 0. The van der Waals surface area contributed by atoms with Crippen LogP contribution in [0.25, 0.3) is 0 Å². The van der Waals surface area contributed by atoms with Gasteiger partial charge < -0.3 is 19.2 Å². The van der Waals surface area contributed by atoms with Gasteiger partial charge in [-0.15, -0.1) is 0 Å². The topological polar surface area (TPSA) is 77.6 Å². The summed E-state index contributed by atoms with van der Waals surface area (Å²) in [5.41, 5.74) is 3.60. The molecule has 1 N–H and O–H groups in total. The minimum atomic E-state index is -0.351. The monoisotopic (exact) mass is 411 g/mol. The number of rotatable bonds is 5.